The van der Waals surface area contributed by atoms with E-state index in [1.54, 1.807) is 11.3 Å². The van der Waals surface area contributed by atoms with Gasteiger partial charge >= 0.3 is 0 Å². The molecular formula is C14H17NS. The van der Waals surface area contributed by atoms with Crippen LogP contribution in [-0.2, 0) is 6.42 Å². The fraction of sp³-hybridized carbons (Fsp3) is 0.357. The highest BCUT2D eigenvalue weighted by molar-refractivity contribution is 7.09. The lowest BCUT2D eigenvalue weighted by Crippen LogP contribution is -2.08. The molecule has 2 aromatic rings. The summed E-state index contributed by atoms with van der Waals surface area (Å²) < 4.78 is 0. The molecule has 1 heterocycles. The molecule has 0 bridgehead atoms. The van der Waals surface area contributed by atoms with E-state index in [-0.39, 0.29) is 0 Å². The zero-order chi connectivity index (χ0) is 11.6. The summed E-state index contributed by atoms with van der Waals surface area (Å²) in [6, 6.07) is 10.4. The van der Waals surface area contributed by atoms with Crippen molar-refractivity contribution >= 4 is 11.3 Å². The average Bonchev–Trinajstić information content (AvgIpc) is 2.65. The molecule has 0 saturated heterocycles. The zero-order valence-electron chi connectivity index (χ0n) is 10.0. The van der Waals surface area contributed by atoms with E-state index in [1.807, 2.05) is 6.07 Å². The predicted molar refractivity (Wildman–Crippen MR) is 70.7 cm³/mol. The van der Waals surface area contributed by atoms with E-state index in [0.29, 0.717) is 5.41 Å². The Labute approximate surface area is 101 Å². The maximum atomic E-state index is 4.68. The standard InChI is InChI=1S/C14H17NS/c1-14(2,3)9-13-15-12(10-16-13)11-7-5-4-6-8-11/h4-8,10H,9H2,1-3H3. The molecule has 0 saturated carbocycles. The van der Waals surface area contributed by atoms with Crippen molar-refractivity contribution in [3.05, 3.63) is 40.7 Å². The molecule has 0 radical (unpaired) electrons. The Hall–Kier alpha value is -1.15. The Bertz CT molecular complexity index is 451. The van der Waals surface area contributed by atoms with E-state index < -0.39 is 0 Å². The third kappa shape index (κ3) is 2.92. The normalized spacial score (nSPS) is 11.7. The highest BCUT2D eigenvalue weighted by Gasteiger charge is 2.14. The van der Waals surface area contributed by atoms with Crippen molar-refractivity contribution in [1.29, 1.82) is 0 Å². The lowest BCUT2D eigenvalue weighted by Gasteiger charge is -2.15. The Morgan fingerprint density at radius 2 is 1.81 bits per heavy atom. The quantitative estimate of drug-likeness (QED) is 0.746. The van der Waals surface area contributed by atoms with Gasteiger partial charge in [-0.15, -0.1) is 11.3 Å². The van der Waals surface area contributed by atoms with Gasteiger partial charge in [-0.1, -0.05) is 51.1 Å². The Balaban J connectivity index is 2.21. The summed E-state index contributed by atoms with van der Waals surface area (Å²) in [6.07, 6.45) is 1.05. The summed E-state index contributed by atoms with van der Waals surface area (Å²) in [4.78, 5) is 4.68. The lowest BCUT2D eigenvalue weighted by atomic mass is 9.93. The van der Waals surface area contributed by atoms with E-state index in [0.717, 1.165) is 12.1 Å². The Morgan fingerprint density at radius 1 is 1.12 bits per heavy atom. The van der Waals surface area contributed by atoms with Crippen molar-refractivity contribution in [3.63, 3.8) is 0 Å². The minimum atomic E-state index is 0.311. The van der Waals surface area contributed by atoms with Crippen LogP contribution < -0.4 is 0 Å². The second-order valence-electron chi connectivity index (χ2n) is 5.23. The van der Waals surface area contributed by atoms with E-state index in [4.69, 9.17) is 0 Å². The minimum Gasteiger partial charge on any atom is -0.241 e. The largest absolute Gasteiger partial charge is 0.241 e. The molecule has 16 heavy (non-hydrogen) atoms. The molecule has 1 aromatic carbocycles. The van der Waals surface area contributed by atoms with Crippen molar-refractivity contribution in [3.8, 4) is 11.3 Å². The molecule has 0 aliphatic rings. The highest BCUT2D eigenvalue weighted by Crippen LogP contribution is 2.26. The van der Waals surface area contributed by atoms with Gasteiger partial charge in [-0.25, -0.2) is 4.98 Å². The second-order valence-corrected chi connectivity index (χ2v) is 6.17. The molecule has 0 aliphatic carbocycles. The van der Waals surface area contributed by atoms with E-state index in [1.165, 1.54) is 10.6 Å². The van der Waals surface area contributed by atoms with Gasteiger partial charge in [0.2, 0.25) is 0 Å². The summed E-state index contributed by atoms with van der Waals surface area (Å²) >= 11 is 1.76. The van der Waals surface area contributed by atoms with Crippen LogP contribution in [0.25, 0.3) is 11.3 Å². The molecule has 0 atom stereocenters. The van der Waals surface area contributed by atoms with Crippen molar-refractivity contribution in [2.45, 2.75) is 27.2 Å². The molecule has 0 aliphatic heterocycles. The van der Waals surface area contributed by atoms with Crippen LogP contribution in [0.1, 0.15) is 25.8 Å². The number of hydrogen-bond donors (Lipinski definition) is 0. The van der Waals surface area contributed by atoms with Gasteiger partial charge in [0.05, 0.1) is 10.7 Å². The predicted octanol–water partition coefficient (Wildman–Crippen LogP) is 4.40. The van der Waals surface area contributed by atoms with Crippen molar-refractivity contribution < 1.29 is 0 Å². The van der Waals surface area contributed by atoms with Gasteiger partial charge in [0.1, 0.15) is 0 Å². The summed E-state index contributed by atoms with van der Waals surface area (Å²) in [7, 11) is 0. The van der Waals surface area contributed by atoms with Gasteiger partial charge in [-0.05, 0) is 5.41 Å². The Kier molecular flexibility index (Phi) is 3.10. The number of nitrogens with zero attached hydrogens (tertiary/aromatic N) is 1. The number of thiazole rings is 1. The van der Waals surface area contributed by atoms with Gasteiger partial charge in [0.25, 0.3) is 0 Å². The van der Waals surface area contributed by atoms with Crippen molar-refractivity contribution in [1.82, 2.24) is 4.98 Å². The molecule has 0 spiro atoms. The van der Waals surface area contributed by atoms with Gasteiger partial charge in [0, 0.05) is 17.4 Å². The van der Waals surface area contributed by atoms with E-state index in [9.17, 15) is 0 Å². The third-order valence-electron chi connectivity index (χ3n) is 2.30. The summed E-state index contributed by atoms with van der Waals surface area (Å²) in [5.41, 5.74) is 2.62. The van der Waals surface area contributed by atoms with Crippen LogP contribution in [0.5, 0.6) is 0 Å². The maximum Gasteiger partial charge on any atom is 0.0937 e. The highest BCUT2D eigenvalue weighted by atomic mass is 32.1. The van der Waals surface area contributed by atoms with Crippen molar-refractivity contribution in [2.75, 3.05) is 0 Å². The lowest BCUT2D eigenvalue weighted by molar-refractivity contribution is 0.410. The Morgan fingerprint density at radius 3 is 2.44 bits per heavy atom. The van der Waals surface area contributed by atoms with Crippen LogP contribution in [0.3, 0.4) is 0 Å². The fourth-order valence-corrected chi connectivity index (χ4v) is 2.69. The summed E-state index contributed by atoms with van der Waals surface area (Å²) in [6.45, 7) is 6.74. The number of hydrogen-bond acceptors (Lipinski definition) is 2. The van der Waals surface area contributed by atoms with Crippen LogP contribution in [0, 0.1) is 5.41 Å². The topological polar surface area (TPSA) is 12.9 Å². The average molecular weight is 231 g/mol. The van der Waals surface area contributed by atoms with E-state index >= 15 is 0 Å². The van der Waals surface area contributed by atoms with Crippen LogP contribution in [-0.4, -0.2) is 4.98 Å². The van der Waals surface area contributed by atoms with Gasteiger partial charge < -0.3 is 0 Å². The summed E-state index contributed by atoms with van der Waals surface area (Å²) in [5.74, 6) is 0. The molecule has 1 aromatic heterocycles. The monoisotopic (exact) mass is 231 g/mol. The molecule has 0 N–H and O–H groups in total. The van der Waals surface area contributed by atoms with Gasteiger partial charge in [-0.3, -0.25) is 0 Å². The first-order valence-corrected chi connectivity index (χ1v) is 6.42. The van der Waals surface area contributed by atoms with Crippen molar-refractivity contribution in [2.24, 2.45) is 5.41 Å². The molecule has 0 unspecified atom stereocenters. The number of benzene rings is 1. The van der Waals surface area contributed by atoms with Crippen LogP contribution in [0.4, 0.5) is 0 Å². The first-order chi connectivity index (χ1) is 7.54. The second kappa shape index (κ2) is 4.38. The molecule has 84 valence electrons. The SMILES string of the molecule is CC(C)(C)Cc1nc(-c2ccccc2)cs1. The molecular weight excluding hydrogens is 214 g/mol. The van der Waals surface area contributed by atoms with Crippen LogP contribution in [0.15, 0.2) is 35.7 Å². The molecule has 0 amide bonds. The smallest absolute Gasteiger partial charge is 0.0937 e. The van der Waals surface area contributed by atoms with Gasteiger partial charge in [-0.2, -0.15) is 0 Å². The summed E-state index contributed by atoms with van der Waals surface area (Å²) in [5, 5.41) is 3.38. The first-order valence-electron chi connectivity index (χ1n) is 5.54. The molecule has 2 rings (SSSR count). The van der Waals surface area contributed by atoms with Crippen LogP contribution in [0.2, 0.25) is 0 Å². The number of rotatable bonds is 2. The molecule has 1 nitrogen and oxygen atoms in total. The molecule has 0 fully saturated rings. The fourth-order valence-electron chi connectivity index (χ4n) is 1.59. The van der Waals surface area contributed by atoms with Crippen LogP contribution >= 0.6 is 11.3 Å². The van der Waals surface area contributed by atoms with E-state index in [2.05, 4.69) is 55.4 Å². The first kappa shape index (κ1) is 11.3. The maximum absolute atomic E-state index is 4.68. The minimum absolute atomic E-state index is 0.311. The number of aromatic nitrogens is 1. The zero-order valence-corrected chi connectivity index (χ0v) is 10.8. The molecule has 2 heteroatoms. The third-order valence-corrected chi connectivity index (χ3v) is 3.15. The van der Waals surface area contributed by atoms with Gasteiger partial charge in [0.15, 0.2) is 0 Å².